The lowest BCUT2D eigenvalue weighted by atomic mass is 9.96. The maximum atomic E-state index is 12.5. The molecule has 0 aromatic carbocycles. The molecule has 0 aliphatic carbocycles. The first-order valence-corrected chi connectivity index (χ1v) is 6.96. The SMILES string of the molecule is CCNC(C)CCCN1CCC(C(F)(F)F)CC1. The molecule has 1 saturated heterocycles. The molecule has 0 aromatic heterocycles. The van der Waals surface area contributed by atoms with Crippen molar-refractivity contribution in [2.24, 2.45) is 5.92 Å². The van der Waals surface area contributed by atoms with E-state index in [4.69, 9.17) is 0 Å². The Morgan fingerprint density at radius 3 is 2.39 bits per heavy atom. The van der Waals surface area contributed by atoms with E-state index in [1.54, 1.807) is 0 Å². The first-order chi connectivity index (χ1) is 8.43. The maximum Gasteiger partial charge on any atom is 0.391 e. The zero-order valence-corrected chi connectivity index (χ0v) is 11.4. The number of likely N-dealkylation sites (tertiary alicyclic amines) is 1. The van der Waals surface area contributed by atoms with Crippen LogP contribution in [0, 0.1) is 5.92 Å². The maximum absolute atomic E-state index is 12.5. The van der Waals surface area contributed by atoms with Gasteiger partial charge in [0.1, 0.15) is 0 Å². The number of hydrogen-bond donors (Lipinski definition) is 1. The van der Waals surface area contributed by atoms with Crippen molar-refractivity contribution >= 4 is 0 Å². The smallest absolute Gasteiger partial charge is 0.315 e. The monoisotopic (exact) mass is 266 g/mol. The van der Waals surface area contributed by atoms with Crippen LogP contribution in [0.1, 0.15) is 39.5 Å². The lowest BCUT2D eigenvalue weighted by Gasteiger charge is -2.33. The molecule has 108 valence electrons. The molecule has 0 saturated carbocycles. The summed E-state index contributed by atoms with van der Waals surface area (Å²) < 4.78 is 37.5. The standard InChI is InChI=1S/C13H25F3N2/c1-3-17-11(2)5-4-8-18-9-6-12(7-10-18)13(14,15)16/h11-12,17H,3-10H2,1-2H3. The second-order valence-electron chi connectivity index (χ2n) is 5.26. The second kappa shape index (κ2) is 7.34. The Morgan fingerprint density at radius 1 is 1.28 bits per heavy atom. The molecule has 0 radical (unpaired) electrons. The van der Waals surface area contributed by atoms with Crippen molar-refractivity contribution < 1.29 is 13.2 Å². The van der Waals surface area contributed by atoms with Crippen molar-refractivity contribution in [2.75, 3.05) is 26.2 Å². The topological polar surface area (TPSA) is 15.3 Å². The van der Waals surface area contributed by atoms with Crippen LogP contribution >= 0.6 is 0 Å². The third-order valence-electron chi connectivity index (χ3n) is 3.71. The predicted octanol–water partition coefficient (Wildman–Crippen LogP) is 3.04. The quantitative estimate of drug-likeness (QED) is 0.795. The molecule has 2 nitrogen and oxygen atoms in total. The summed E-state index contributed by atoms with van der Waals surface area (Å²) in [4.78, 5) is 2.17. The lowest BCUT2D eigenvalue weighted by Crippen LogP contribution is -2.39. The van der Waals surface area contributed by atoms with Gasteiger partial charge in [-0.15, -0.1) is 0 Å². The fourth-order valence-corrected chi connectivity index (χ4v) is 2.56. The fraction of sp³-hybridized carbons (Fsp3) is 1.00. The molecule has 1 N–H and O–H groups in total. The Kier molecular flexibility index (Phi) is 6.43. The molecule has 18 heavy (non-hydrogen) atoms. The summed E-state index contributed by atoms with van der Waals surface area (Å²) in [6.07, 6.45) is -1.30. The van der Waals surface area contributed by atoms with Gasteiger partial charge in [0.25, 0.3) is 0 Å². The molecule has 0 aromatic rings. The largest absolute Gasteiger partial charge is 0.391 e. The number of hydrogen-bond acceptors (Lipinski definition) is 2. The van der Waals surface area contributed by atoms with Gasteiger partial charge in [0, 0.05) is 6.04 Å². The van der Waals surface area contributed by atoms with E-state index in [1.165, 1.54) is 0 Å². The first kappa shape index (κ1) is 15.8. The average molecular weight is 266 g/mol. The Hall–Kier alpha value is -0.290. The van der Waals surface area contributed by atoms with Crippen molar-refractivity contribution in [3.05, 3.63) is 0 Å². The van der Waals surface area contributed by atoms with E-state index >= 15 is 0 Å². The van der Waals surface area contributed by atoms with Crippen LogP contribution in [0.5, 0.6) is 0 Å². The van der Waals surface area contributed by atoms with Crippen LogP contribution in [0.3, 0.4) is 0 Å². The fourth-order valence-electron chi connectivity index (χ4n) is 2.56. The summed E-state index contributed by atoms with van der Waals surface area (Å²) in [6.45, 7) is 7.33. The van der Waals surface area contributed by atoms with Gasteiger partial charge in [-0.2, -0.15) is 13.2 Å². The zero-order valence-electron chi connectivity index (χ0n) is 11.4. The number of piperidine rings is 1. The highest BCUT2D eigenvalue weighted by Crippen LogP contribution is 2.34. The summed E-state index contributed by atoms with van der Waals surface area (Å²) in [5.41, 5.74) is 0. The van der Waals surface area contributed by atoms with E-state index in [9.17, 15) is 13.2 Å². The van der Waals surface area contributed by atoms with E-state index in [-0.39, 0.29) is 12.8 Å². The van der Waals surface area contributed by atoms with Crippen molar-refractivity contribution in [3.8, 4) is 0 Å². The van der Waals surface area contributed by atoms with E-state index in [0.29, 0.717) is 19.1 Å². The Balaban J connectivity index is 2.13. The minimum Gasteiger partial charge on any atom is -0.315 e. The number of rotatable bonds is 6. The summed E-state index contributed by atoms with van der Waals surface area (Å²) in [5.74, 6) is -1.07. The van der Waals surface area contributed by atoms with Crippen LogP contribution in [0.25, 0.3) is 0 Å². The molecular formula is C13H25F3N2. The number of nitrogens with zero attached hydrogens (tertiary/aromatic N) is 1. The third-order valence-corrected chi connectivity index (χ3v) is 3.71. The molecule has 1 rings (SSSR count). The molecule has 1 atom stereocenters. The van der Waals surface area contributed by atoms with E-state index < -0.39 is 12.1 Å². The highest BCUT2D eigenvalue weighted by molar-refractivity contribution is 4.77. The molecule has 1 fully saturated rings. The van der Waals surface area contributed by atoms with E-state index in [0.717, 1.165) is 25.9 Å². The number of alkyl halides is 3. The summed E-state index contributed by atoms with van der Waals surface area (Å²) in [6, 6.07) is 0.503. The van der Waals surface area contributed by atoms with Gasteiger partial charge in [-0.1, -0.05) is 6.92 Å². The van der Waals surface area contributed by atoms with Gasteiger partial charge in [0.2, 0.25) is 0 Å². The summed E-state index contributed by atoms with van der Waals surface area (Å²) >= 11 is 0. The highest BCUT2D eigenvalue weighted by Gasteiger charge is 2.40. The Bertz CT molecular complexity index is 223. The molecule has 1 unspecified atom stereocenters. The lowest BCUT2D eigenvalue weighted by molar-refractivity contribution is -0.185. The van der Waals surface area contributed by atoms with Crippen LogP contribution in [0.4, 0.5) is 13.2 Å². The zero-order chi connectivity index (χ0) is 13.6. The van der Waals surface area contributed by atoms with E-state index in [1.807, 2.05) is 0 Å². The van der Waals surface area contributed by atoms with Crippen LogP contribution in [0.2, 0.25) is 0 Å². The van der Waals surface area contributed by atoms with Crippen molar-refractivity contribution in [1.82, 2.24) is 10.2 Å². The van der Waals surface area contributed by atoms with Crippen LogP contribution in [-0.2, 0) is 0 Å². The first-order valence-electron chi connectivity index (χ1n) is 6.96. The molecule has 1 heterocycles. The molecule has 1 aliphatic heterocycles. The van der Waals surface area contributed by atoms with Gasteiger partial charge in [0.05, 0.1) is 5.92 Å². The molecule has 1 aliphatic rings. The van der Waals surface area contributed by atoms with Gasteiger partial charge < -0.3 is 10.2 Å². The number of halogens is 3. The molecule has 0 spiro atoms. The Morgan fingerprint density at radius 2 is 1.89 bits per heavy atom. The average Bonchev–Trinajstić information content (AvgIpc) is 2.29. The molecule has 0 amide bonds. The number of nitrogens with one attached hydrogen (secondary N) is 1. The summed E-state index contributed by atoms with van der Waals surface area (Å²) in [7, 11) is 0. The minimum absolute atomic E-state index is 0.270. The van der Waals surface area contributed by atoms with Gasteiger partial charge in [-0.25, -0.2) is 0 Å². The summed E-state index contributed by atoms with van der Waals surface area (Å²) in [5, 5.41) is 3.34. The van der Waals surface area contributed by atoms with Crippen LogP contribution in [0.15, 0.2) is 0 Å². The van der Waals surface area contributed by atoms with E-state index in [2.05, 4.69) is 24.1 Å². The van der Waals surface area contributed by atoms with Gasteiger partial charge in [-0.05, 0) is 58.8 Å². The Labute approximate surface area is 108 Å². The molecule has 5 heteroatoms. The van der Waals surface area contributed by atoms with Gasteiger partial charge in [0.15, 0.2) is 0 Å². The normalized spacial score (nSPS) is 21.2. The van der Waals surface area contributed by atoms with Crippen LogP contribution < -0.4 is 5.32 Å². The molecular weight excluding hydrogens is 241 g/mol. The molecule has 0 bridgehead atoms. The second-order valence-corrected chi connectivity index (χ2v) is 5.26. The van der Waals surface area contributed by atoms with Crippen molar-refractivity contribution in [3.63, 3.8) is 0 Å². The van der Waals surface area contributed by atoms with Crippen LogP contribution in [-0.4, -0.2) is 43.3 Å². The van der Waals surface area contributed by atoms with Crippen molar-refractivity contribution in [1.29, 1.82) is 0 Å². The van der Waals surface area contributed by atoms with Gasteiger partial charge in [-0.3, -0.25) is 0 Å². The predicted molar refractivity (Wildman–Crippen MR) is 67.6 cm³/mol. The highest BCUT2D eigenvalue weighted by atomic mass is 19.4. The van der Waals surface area contributed by atoms with Crippen molar-refractivity contribution in [2.45, 2.75) is 51.7 Å². The third kappa shape index (κ3) is 5.57. The van der Waals surface area contributed by atoms with Gasteiger partial charge >= 0.3 is 6.18 Å². The minimum atomic E-state index is -3.99.